The van der Waals surface area contributed by atoms with Crippen LogP contribution >= 0.6 is 0 Å². The predicted molar refractivity (Wildman–Crippen MR) is 120 cm³/mol. The molecular weight excluding hydrogens is 390 g/mol. The minimum absolute atomic E-state index is 0.0572. The molecule has 1 aliphatic heterocycles. The topological polar surface area (TPSA) is 70.5 Å². The Morgan fingerprint density at radius 2 is 1.87 bits per heavy atom. The molecule has 2 aromatic rings. The number of piperazine rings is 1. The van der Waals surface area contributed by atoms with Crippen molar-refractivity contribution in [2.75, 3.05) is 26.7 Å². The van der Waals surface area contributed by atoms with E-state index < -0.39 is 6.04 Å². The Morgan fingerprint density at radius 1 is 1.16 bits per heavy atom. The Hall–Kier alpha value is -2.67. The maximum Gasteiger partial charge on any atom is 0.242 e. The minimum atomic E-state index is -0.505. The maximum atomic E-state index is 13.1. The molecule has 1 aromatic heterocycles. The molecule has 1 N–H and O–H groups in total. The summed E-state index contributed by atoms with van der Waals surface area (Å²) in [5.41, 5.74) is 3.62. The minimum Gasteiger partial charge on any atom is -0.353 e. The van der Waals surface area contributed by atoms with Crippen molar-refractivity contribution in [1.82, 2.24) is 24.9 Å². The second-order valence-electron chi connectivity index (χ2n) is 8.79. The highest BCUT2D eigenvalue weighted by Gasteiger charge is 2.37. The lowest BCUT2D eigenvalue weighted by Crippen LogP contribution is -2.53. The summed E-state index contributed by atoms with van der Waals surface area (Å²) in [6, 6.07) is 9.75. The number of likely N-dealkylation sites (N-methyl/N-ethyl adjacent to an activating group) is 1. The Bertz CT molecular complexity index is 933. The third kappa shape index (κ3) is 4.37. The van der Waals surface area contributed by atoms with Crippen LogP contribution in [0.15, 0.2) is 30.3 Å². The van der Waals surface area contributed by atoms with Gasteiger partial charge in [0.1, 0.15) is 6.04 Å². The maximum absolute atomic E-state index is 13.1. The first-order chi connectivity index (χ1) is 15.0. The monoisotopic (exact) mass is 423 g/mol. The van der Waals surface area contributed by atoms with E-state index in [2.05, 4.69) is 5.32 Å². The van der Waals surface area contributed by atoms with Crippen molar-refractivity contribution in [3.05, 3.63) is 47.3 Å². The van der Waals surface area contributed by atoms with Crippen LogP contribution in [0.2, 0.25) is 0 Å². The van der Waals surface area contributed by atoms with Crippen LogP contribution in [0, 0.1) is 13.8 Å². The van der Waals surface area contributed by atoms with Gasteiger partial charge in [-0.3, -0.25) is 14.5 Å². The van der Waals surface area contributed by atoms with Gasteiger partial charge in [0.15, 0.2) is 0 Å². The molecule has 2 aliphatic rings. The van der Waals surface area contributed by atoms with Gasteiger partial charge in [-0.05, 0) is 38.8 Å². The van der Waals surface area contributed by atoms with E-state index in [1.54, 1.807) is 0 Å². The fraction of sp³-hybridized carbons (Fsp3) is 0.542. The number of aryl methyl sites for hydroxylation is 1. The molecule has 1 saturated heterocycles. The number of amides is 2. The summed E-state index contributed by atoms with van der Waals surface area (Å²) in [5, 5.41) is 7.71. The number of benzene rings is 1. The lowest BCUT2D eigenvalue weighted by molar-refractivity contribution is -0.137. The average molecular weight is 424 g/mol. The summed E-state index contributed by atoms with van der Waals surface area (Å²) in [5.74, 6) is 0.0375. The van der Waals surface area contributed by atoms with E-state index >= 15 is 0 Å². The molecule has 4 rings (SSSR count). The Kier molecular flexibility index (Phi) is 6.41. The summed E-state index contributed by atoms with van der Waals surface area (Å²) < 4.78 is 1.89. The number of hydrogen-bond donors (Lipinski definition) is 1. The molecule has 2 fully saturated rings. The van der Waals surface area contributed by atoms with E-state index in [9.17, 15) is 9.59 Å². The quantitative estimate of drug-likeness (QED) is 0.803. The molecular formula is C24H33N5O2. The third-order valence-electron chi connectivity index (χ3n) is 6.79. The number of aromatic nitrogens is 2. The number of nitrogens with one attached hydrogen (secondary N) is 1. The molecule has 0 radical (unpaired) electrons. The van der Waals surface area contributed by atoms with Crippen molar-refractivity contribution < 1.29 is 9.59 Å². The smallest absolute Gasteiger partial charge is 0.242 e. The van der Waals surface area contributed by atoms with Crippen LogP contribution in [-0.4, -0.2) is 64.1 Å². The summed E-state index contributed by atoms with van der Waals surface area (Å²) in [4.78, 5) is 30.0. The Morgan fingerprint density at radius 3 is 2.58 bits per heavy atom. The zero-order valence-corrected chi connectivity index (χ0v) is 18.8. The third-order valence-corrected chi connectivity index (χ3v) is 6.79. The van der Waals surface area contributed by atoms with Gasteiger partial charge in [-0.2, -0.15) is 5.10 Å². The van der Waals surface area contributed by atoms with E-state index in [0.717, 1.165) is 35.5 Å². The molecule has 2 heterocycles. The normalized spacial score (nSPS) is 20.5. The van der Waals surface area contributed by atoms with Gasteiger partial charge in [-0.25, -0.2) is 4.68 Å². The van der Waals surface area contributed by atoms with Crippen LogP contribution in [0.3, 0.4) is 0 Å². The van der Waals surface area contributed by atoms with Gasteiger partial charge in [0.05, 0.1) is 17.9 Å². The van der Waals surface area contributed by atoms with Crippen LogP contribution < -0.4 is 5.32 Å². The van der Waals surface area contributed by atoms with E-state index in [-0.39, 0.29) is 18.4 Å². The summed E-state index contributed by atoms with van der Waals surface area (Å²) in [6.07, 6.45) is 5.79. The Labute approximate surface area is 184 Å². The molecule has 0 spiro atoms. The summed E-state index contributed by atoms with van der Waals surface area (Å²) in [6.45, 7) is 5.40. The molecule has 0 unspecified atom stereocenters. The first kappa shape index (κ1) is 21.6. The van der Waals surface area contributed by atoms with Crippen LogP contribution in [0.25, 0.3) is 5.69 Å². The van der Waals surface area contributed by atoms with E-state index in [0.29, 0.717) is 19.1 Å². The van der Waals surface area contributed by atoms with Crippen molar-refractivity contribution in [2.45, 2.75) is 58.0 Å². The largest absolute Gasteiger partial charge is 0.353 e. The van der Waals surface area contributed by atoms with Crippen molar-refractivity contribution >= 4 is 11.8 Å². The van der Waals surface area contributed by atoms with Gasteiger partial charge in [-0.15, -0.1) is 0 Å². The number of carbonyl (C=O) groups excluding carboxylic acids is 2. The lowest BCUT2D eigenvalue weighted by atomic mass is 9.94. The molecule has 1 atom stereocenters. The van der Waals surface area contributed by atoms with Gasteiger partial charge in [-0.1, -0.05) is 37.5 Å². The summed E-state index contributed by atoms with van der Waals surface area (Å²) in [7, 11) is 1.92. The number of carbonyl (C=O) groups is 2. The molecule has 31 heavy (non-hydrogen) atoms. The van der Waals surface area contributed by atoms with Crippen LogP contribution in [0.1, 0.15) is 55.1 Å². The first-order valence-electron chi connectivity index (χ1n) is 11.4. The molecule has 0 bridgehead atoms. The van der Waals surface area contributed by atoms with E-state index in [1.165, 1.54) is 19.3 Å². The van der Waals surface area contributed by atoms with Crippen molar-refractivity contribution in [2.24, 2.45) is 0 Å². The number of rotatable bonds is 5. The predicted octanol–water partition coefficient (Wildman–Crippen LogP) is 2.75. The fourth-order valence-electron chi connectivity index (χ4n) is 5.03. The molecule has 1 saturated carbocycles. The SMILES string of the molecule is Cc1nn(-c2ccccc2)c(C)c1[C@H]1C(=O)NCCN1CC(=O)N(C)C1CCCCC1. The zero-order valence-electron chi connectivity index (χ0n) is 18.8. The molecule has 7 nitrogen and oxygen atoms in total. The van der Waals surface area contributed by atoms with E-state index in [1.807, 2.05) is 65.7 Å². The molecule has 166 valence electrons. The lowest BCUT2D eigenvalue weighted by Gasteiger charge is -2.37. The molecule has 1 aliphatic carbocycles. The first-order valence-corrected chi connectivity index (χ1v) is 11.4. The van der Waals surface area contributed by atoms with Crippen molar-refractivity contribution in [3.8, 4) is 5.69 Å². The van der Waals surface area contributed by atoms with E-state index in [4.69, 9.17) is 5.10 Å². The molecule has 1 aromatic carbocycles. The average Bonchev–Trinajstić information content (AvgIpc) is 3.08. The highest BCUT2D eigenvalue weighted by Crippen LogP contribution is 2.30. The molecule has 2 amide bonds. The highest BCUT2D eigenvalue weighted by atomic mass is 16.2. The van der Waals surface area contributed by atoms with Gasteiger partial charge in [0.25, 0.3) is 0 Å². The standard InChI is InChI=1S/C24H33N5O2/c1-17-22(18(2)29(26-17)20-12-8-5-9-13-20)23-24(31)25-14-15-28(23)16-21(30)27(3)19-10-6-4-7-11-19/h5,8-9,12-13,19,23H,4,6-7,10-11,14-16H2,1-3H3,(H,25,31)/t23-/m0/s1. The van der Waals surface area contributed by atoms with Gasteiger partial charge in [0.2, 0.25) is 11.8 Å². The number of hydrogen-bond acceptors (Lipinski definition) is 4. The van der Waals surface area contributed by atoms with Gasteiger partial charge >= 0.3 is 0 Å². The number of para-hydroxylation sites is 1. The van der Waals surface area contributed by atoms with Crippen molar-refractivity contribution in [3.63, 3.8) is 0 Å². The summed E-state index contributed by atoms with van der Waals surface area (Å²) >= 11 is 0. The second-order valence-corrected chi connectivity index (χ2v) is 8.79. The second kappa shape index (κ2) is 9.22. The number of nitrogens with zero attached hydrogens (tertiary/aromatic N) is 4. The zero-order chi connectivity index (χ0) is 22.0. The van der Waals surface area contributed by atoms with Crippen LogP contribution in [0.5, 0.6) is 0 Å². The highest BCUT2D eigenvalue weighted by molar-refractivity contribution is 5.86. The van der Waals surface area contributed by atoms with Gasteiger partial charge < -0.3 is 10.2 Å². The Balaban J connectivity index is 1.59. The van der Waals surface area contributed by atoms with Crippen molar-refractivity contribution in [1.29, 1.82) is 0 Å². The molecule has 7 heteroatoms. The van der Waals surface area contributed by atoms with Crippen LogP contribution in [-0.2, 0) is 9.59 Å². The van der Waals surface area contributed by atoms with Gasteiger partial charge in [0, 0.05) is 37.4 Å². The fourth-order valence-corrected chi connectivity index (χ4v) is 5.03. The van der Waals surface area contributed by atoms with Crippen LogP contribution in [0.4, 0.5) is 0 Å².